The van der Waals surface area contributed by atoms with Crippen molar-refractivity contribution in [2.45, 2.75) is 0 Å². The summed E-state index contributed by atoms with van der Waals surface area (Å²) in [6.07, 6.45) is 3.82. The van der Waals surface area contributed by atoms with E-state index in [9.17, 15) is 0 Å². The Morgan fingerprint density at radius 1 is 1.13 bits per heavy atom. The summed E-state index contributed by atoms with van der Waals surface area (Å²) < 4.78 is 1.88. The van der Waals surface area contributed by atoms with Gasteiger partial charge in [0, 0.05) is 23.5 Å². The van der Waals surface area contributed by atoms with Crippen molar-refractivity contribution >= 4 is 11.3 Å². The third-order valence-electron chi connectivity index (χ3n) is 2.39. The molecule has 0 saturated carbocycles. The third kappa shape index (κ3) is 1.27. The Hall–Kier alpha value is -2.23. The summed E-state index contributed by atoms with van der Waals surface area (Å²) in [6, 6.07) is 9.63. The van der Waals surface area contributed by atoms with E-state index in [1.165, 1.54) is 0 Å². The molecule has 0 aliphatic heterocycles. The molecule has 2 aromatic heterocycles. The van der Waals surface area contributed by atoms with Crippen molar-refractivity contribution in [2.75, 3.05) is 5.73 Å². The Kier molecular flexibility index (Phi) is 1.56. The van der Waals surface area contributed by atoms with Crippen LogP contribution in [0.2, 0.25) is 0 Å². The number of benzene rings is 1. The van der Waals surface area contributed by atoms with Crippen LogP contribution in [0.25, 0.3) is 16.9 Å². The van der Waals surface area contributed by atoms with Crippen LogP contribution in [0.4, 0.5) is 5.69 Å². The monoisotopic (exact) mass is 198 g/mol. The molecule has 2 heterocycles. The average molecular weight is 198 g/mol. The minimum Gasteiger partial charge on any atom is -0.399 e. The summed E-state index contributed by atoms with van der Waals surface area (Å²) in [5.41, 5.74) is 9.33. The van der Waals surface area contributed by atoms with Gasteiger partial charge in [-0.1, -0.05) is 12.1 Å². The molecule has 3 rings (SSSR count). The van der Waals surface area contributed by atoms with E-state index >= 15 is 0 Å². The Bertz CT molecular complexity index is 560. The van der Waals surface area contributed by atoms with Crippen molar-refractivity contribution in [1.29, 1.82) is 0 Å². The summed E-state index contributed by atoms with van der Waals surface area (Å²) in [5, 5.41) is 3.05. The minimum atomic E-state index is 0.767. The van der Waals surface area contributed by atoms with E-state index in [0.29, 0.717) is 0 Å². The second kappa shape index (κ2) is 2.88. The number of nitrogens with two attached hydrogens (primary N) is 1. The highest BCUT2D eigenvalue weighted by atomic mass is 15.2. The summed E-state index contributed by atoms with van der Waals surface area (Å²) in [4.78, 5) is 4.46. The summed E-state index contributed by atoms with van der Waals surface area (Å²) in [6.45, 7) is 0. The maximum Gasteiger partial charge on any atom is 0.153 e. The number of nitrogens with zero attached hydrogens (tertiary/aromatic N) is 2. The fourth-order valence-corrected chi connectivity index (χ4v) is 1.60. The van der Waals surface area contributed by atoms with E-state index in [2.05, 4.69) is 10.1 Å². The van der Waals surface area contributed by atoms with Gasteiger partial charge in [0.2, 0.25) is 0 Å². The standard InChI is InChI=1S/C11H10N4/c12-9-3-1-8(2-4-9)10-7-15-11(14-10)5-6-13-15/h1-7,13H,12H2. The number of nitrogens with one attached hydrogen (secondary N) is 1. The van der Waals surface area contributed by atoms with Crippen molar-refractivity contribution in [2.24, 2.45) is 0 Å². The summed E-state index contributed by atoms with van der Waals surface area (Å²) in [7, 11) is 0. The van der Waals surface area contributed by atoms with Crippen molar-refractivity contribution in [3.63, 3.8) is 0 Å². The molecular formula is C11H10N4. The van der Waals surface area contributed by atoms with Crippen LogP contribution in [0.1, 0.15) is 0 Å². The first-order valence-corrected chi connectivity index (χ1v) is 4.71. The van der Waals surface area contributed by atoms with Gasteiger partial charge in [0.1, 0.15) is 0 Å². The molecule has 3 N–H and O–H groups in total. The lowest BCUT2D eigenvalue weighted by Gasteiger charge is -1.96. The number of H-pyrrole nitrogens is 1. The number of nitrogen functional groups attached to an aromatic ring is 1. The fraction of sp³-hybridized carbons (Fsp3) is 0. The zero-order chi connectivity index (χ0) is 10.3. The Balaban J connectivity index is 2.13. The first kappa shape index (κ1) is 8.11. The van der Waals surface area contributed by atoms with E-state index in [1.807, 2.05) is 47.2 Å². The Morgan fingerprint density at radius 3 is 2.67 bits per heavy atom. The maximum absolute atomic E-state index is 5.63. The summed E-state index contributed by atoms with van der Waals surface area (Å²) >= 11 is 0. The number of imidazole rings is 1. The van der Waals surface area contributed by atoms with E-state index in [0.717, 1.165) is 22.6 Å². The molecule has 0 aliphatic rings. The average Bonchev–Trinajstić information content (AvgIpc) is 2.78. The molecule has 0 aliphatic carbocycles. The molecule has 0 radical (unpaired) electrons. The molecule has 0 amide bonds. The molecule has 1 aromatic carbocycles. The molecule has 3 aromatic rings. The van der Waals surface area contributed by atoms with Gasteiger partial charge in [-0.15, -0.1) is 0 Å². The van der Waals surface area contributed by atoms with Gasteiger partial charge in [0.05, 0.1) is 11.9 Å². The highest BCUT2D eigenvalue weighted by molar-refractivity contribution is 5.64. The van der Waals surface area contributed by atoms with E-state index < -0.39 is 0 Å². The number of hydrogen-bond acceptors (Lipinski definition) is 2. The van der Waals surface area contributed by atoms with Crippen LogP contribution in [0, 0.1) is 0 Å². The van der Waals surface area contributed by atoms with E-state index in [-0.39, 0.29) is 0 Å². The Morgan fingerprint density at radius 2 is 1.93 bits per heavy atom. The third-order valence-corrected chi connectivity index (χ3v) is 2.39. The van der Waals surface area contributed by atoms with Gasteiger partial charge in [0.15, 0.2) is 5.65 Å². The van der Waals surface area contributed by atoms with Gasteiger partial charge in [-0.3, -0.25) is 0 Å². The van der Waals surface area contributed by atoms with Gasteiger partial charge in [0.25, 0.3) is 0 Å². The summed E-state index contributed by atoms with van der Waals surface area (Å²) in [5.74, 6) is 0. The normalized spacial score (nSPS) is 10.9. The topological polar surface area (TPSA) is 59.1 Å². The van der Waals surface area contributed by atoms with Gasteiger partial charge in [-0.05, 0) is 12.1 Å². The predicted molar refractivity (Wildman–Crippen MR) is 59.4 cm³/mol. The molecule has 0 bridgehead atoms. The maximum atomic E-state index is 5.63. The number of fused-ring (bicyclic) bond motifs is 1. The number of aromatic nitrogens is 3. The molecule has 0 atom stereocenters. The quantitative estimate of drug-likeness (QED) is 0.587. The van der Waals surface area contributed by atoms with Crippen LogP contribution in [-0.2, 0) is 0 Å². The van der Waals surface area contributed by atoms with Crippen molar-refractivity contribution in [3.05, 3.63) is 42.7 Å². The number of rotatable bonds is 1. The first-order chi connectivity index (χ1) is 7.33. The lowest BCUT2D eigenvalue weighted by atomic mass is 10.1. The van der Waals surface area contributed by atoms with Gasteiger partial charge >= 0.3 is 0 Å². The van der Waals surface area contributed by atoms with Crippen LogP contribution in [-0.4, -0.2) is 14.6 Å². The predicted octanol–water partition coefficient (Wildman–Crippen LogP) is 1.91. The van der Waals surface area contributed by atoms with Gasteiger partial charge in [-0.25, -0.2) is 9.50 Å². The van der Waals surface area contributed by atoms with Crippen molar-refractivity contribution in [3.8, 4) is 11.3 Å². The lowest BCUT2D eigenvalue weighted by molar-refractivity contribution is 0.974. The zero-order valence-corrected chi connectivity index (χ0v) is 8.01. The second-order valence-corrected chi connectivity index (χ2v) is 3.44. The van der Waals surface area contributed by atoms with Crippen LogP contribution in [0.15, 0.2) is 42.7 Å². The molecule has 0 saturated heterocycles. The smallest absolute Gasteiger partial charge is 0.153 e. The van der Waals surface area contributed by atoms with Crippen LogP contribution in [0.3, 0.4) is 0 Å². The molecule has 4 nitrogen and oxygen atoms in total. The van der Waals surface area contributed by atoms with Gasteiger partial charge < -0.3 is 10.8 Å². The van der Waals surface area contributed by atoms with Crippen LogP contribution in [0.5, 0.6) is 0 Å². The number of aromatic amines is 1. The minimum absolute atomic E-state index is 0.767. The molecule has 0 spiro atoms. The molecular weight excluding hydrogens is 188 g/mol. The highest BCUT2D eigenvalue weighted by Crippen LogP contribution is 2.19. The van der Waals surface area contributed by atoms with Crippen molar-refractivity contribution in [1.82, 2.24) is 14.6 Å². The number of anilines is 1. The van der Waals surface area contributed by atoms with E-state index in [1.54, 1.807) is 0 Å². The molecule has 74 valence electrons. The highest BCUT2D eigenvalue weighted by Gasteiger charge is 2.03. The molecule has 15 heavy (non-hydrogen) atoms. The largest absolute Gasteiger partial charge is 0.399 e. The second-order valence-electron chi connectivity index (χ2n) is 3.44. The lowest BCUT2D eigenvalue weighted by Crippen LogP contribution is -1.83. The first-order valence-electron chi connectivity index (χ1n) is 4.71. The number of hydrogen-bond donors (Lipinski definition) is 2. The molecule has 4 heteroatoms. The SMILES string of the molecule is Nc1ccc(-c2cn3[nH]ccc3n2)cc1. The van der Waals surface area contributed by atoms with Crippen LogP contribution < -0.4 is 5.73 Å². The fourth-order valence-electron chi connectivity index (χ4n) is 1.60. The zero-order valence-electron chi connectivity index (χ0n) is 8.01. The van der Waals surface area contributed by atoms with Crippen LogP contribution >= 0.6 is 0 Å². The van der Waals surface area contributed by atoms with Gasteiger partial charge in [-0.2, -0.15) is 0 Å². The Labute approximate surface area is 86.3 Å². The van der Waals surface area contributed by atoms with E-state index in [4.69, 9.17) is 5.73 Å². The molecule has 0 unspecified atom stereocenters. The molecule has 0 fully saturated rings. The van der Waals surface area contributed by atoms with Crippen molar-refractivity contribution < 1.29 is 0 Å².